The third-order valence-corrected chi connectivity index (χ3v) is 4.58. The number of hydrogen-bond acceptors (Lipinski definition) is 3. The van der Waals surface area contributed by atoms with Crippen molar-refractivity contribution in [1.82, 2.24) is 0 Å². The summed E-state index contributed by atoms with van der Waals surface area (Å²) in [4.78, 5) is 19.7. The predicted octanol–water partition coefficient (Wildman–Crippen LogP) is 4.84. The lowest BCUT2D eigenvalue weighted by molar-refractivity contribution is -0.113. The molecule has 138 valence electrons. The van der Waals surface area contributed by atoms with Gasteiger partial charge in [-0.3, -0.25) is 9.69 Å². The number of para-hydroxylation sites is 2. The maximum absolute atomic E-state index is 13.3. The van der Waals surface area contributed by atoms with Gasteiger partial charge >= 0.3 is 0 Å². The number of hydrogen-bond donors (Lipinski definition) is 0. The number of rotatable bonds is 4. The van der Waals surface area contributed by atoms with Crippen LogP contribution in [0.2, 0.25) is 0 Å². The monoisotopic (exact) mass is 368 g/mol. The second kappa shape index (κ2) is 7.53. The first-order valence-electron chi connectivity index (χ1n) is 9.07. The highest BCUT2D eigenvalue weighted by Gasteiger charge is 2.32. The highest BCUT2D eigenvalue weighted by molar-refractivity contribution is 6.33. The van der Waals surface area contributed by atoms with Crippen LogP contribution in [0.25, 0.3) is 6.08 Å². The van der Waals surface area contributed by atoms with Gasteiger partial charge in [0.2, 0.25) is 0 Å². The minimum atomic E-state index is -0.159. The average molecular weight is 368 g/mol. The standard InChI is InChI=1S/C24H20N2O2/c1-17-9-8-11-19(15-17)23-25-21(16-18-10-6-7-14-22(18)28-2)24(27)26(23)20-12-4-3-5-13-20/h3-16H,1-2H3. The van der Waals surface area contributed by atoms with Crippen LogP contribution < -0.4 is 9.64 Å². The van der Waals surface area contributed by atoms with Gasteiger partial charge in [-0.1, -0.05) is 60.2 Å². The molecule has 0 N–H and O–H groups in total. The van der Waals surface area contributed by atoms with Crippen molar-refractivity contribution in [2.24, 2.45) is 4.99 Å². The molecule has 3 aromatic rings. The van der Waals surface area contributed by atoms with Gasteiger partial charge in [0.15, 0.2) is 0 Å². The molecule has 3 aromatic carbocycles. The molecule has 1 aliphatic rings. The summed E-state index contributed by atoms with van der Waals surface area (Å²) < 4.78 is 5.41. The summed E-state index contributed by atoms with van der Waals surface area (Å²) in [6.45, 7) is 2.03. The van der Waals surface area contributed by atoms with E-state index in [0.717, 1.165) is 22.4 Å². The second-order valence-corrected chi connectivity index (χ2v) is 6.55. The number of aryl methyl sites for hydroxylation is 1. The highest BCUT2D eigenvalue weighted by Crippen LogP contribution is 2.29. The zero-order valence-corrected chi connectivity index (χ0v) is 15.8. The van der Waals surface area contributed by atoms with Crippen molar-refractivity contribution in [2.45, 2.75) is 6.92 Å². The zero-order chi connectivity index (χ0) is 19.5. The number of amidine groups is 1. The van der Waals surface area contributed by atoms with E-state index in [0.29, 0.717) is 17.3 Å². The van der Waals surface area contributed by atoms with E-state index < -0.39 is 0 Å². The van der Waals surface area contributed by atoms with Gasteiger partial charge in [0.1, 0.15) is 17.3 Å². The van der Waals surface area contributed by atoms with Crippen molar-refractivity contribution >= 4 is 23.5 Å². The molecule has 4 heteroatoms. The number of benzene rings is 3. The molecular formula is C24H20N2O2. The summed E-state index contributed by atoms with van der Waals surface area (Å²) in [7, 11) is 1.62. The van der Waals surface area contributed by atoms with E-state index in [4.69, 9.17) is 9.73 Å². The van der Waals surface area contributed by atoms with Crippen molar-refractivity contribution in [3.05, 3.63) is 101 Å². The van der Waals surface area contributed by atoms with Crippen LogP contribution >= 0.6 is 0 Å². The lowest BCUT2D eigenvalue weighted by Crippen LogP contribution is -2.32. The first-order chi connectivity index (χ1) is 13.7. The van der Waals surface area contributed by atoms with Crippen molar-refractivity contribution in [2.75, 3.05) is 12.0 Å². The first-order valence-corrected chi connectivity index (χ1v) is 9.07. The zero-order valence-electron chi connectivity index (χ0n) is 15.8. The maximum atomic E-state index is 13.3. The maximum Gasteiger partial charge on any atom is 0.282 e. The van der Waals surface area contributed by atoms with Crippen LogP contribution in [0.3, 0.4) is 0 Å². The minimum absolute atomic E-state index is 0.159. The molecule has 0 unspecified atom stereocenters. The number of amides is 1. The summed E-state index contributed by atoms with van der Waals surface area (Å²) >= 11 is 0. The van der Waals surface area contributed by atoms with Gasteiger partial charge in [-0.2, -0.15) is 0 Å². The number of aliphatic imine (C=N–C) groups is 1. The molecule has 4 rings (SSSR count). The van der Waals surface area contributed by atoms with Gasteiger partial charge in [0, 0.05) is 11.1 Å². The quantitative estimate of drug-likeness (QED) is 0.619. The Morgan fingerprint density at radius 3 is 2.43 bits per heavy atom. The summed E-state index contributed by atoms with van der Waals surface area (Å²) in [5, 5.41) is 0. The van der Waals surface area contributed by atoms with Gasteiger partial charge in [0.05, 0.1) is 12.8 Å². The molecule has 1 aliphatic heterocycles. The number of carbonyl (C=O) groups excluding carboxylic acids is 1. The molecule has 28 heavy (non-hydrogen) atoms. The fraction of sp³-hybridized carbons (Fsp3) is 0.0833. The molecule has 0 spiro atoms. The molecule has 0 saturated carbocycles. The van der Waals surface area contributed by atoms with Gasteiger partial charge < -0.3 is 4.74 Å². The van der Waals surface area contributed by atoms with Crippen molar-refractivity contribution in [1.29, 1.82) is 0 Å². The van der Waals surface area contributed by atoms with Crippen LogP contribution in [0, 0.1) is 6.92 Å². The Bertz CT molecular complexity index is 1080. The van der Waals surface area contributed by atoms with E-state index >= 15 is 0 Å². The molecule has 0 bridgehead atoms. The minimum Gasteiger partial charge on any atom is -0.496 e. The van der Waals surface area contributed by atoms with Gasteiger partial charge in [0.25, 0.3) is 5.91 Å². The van der Waals surface area contributed by atoms with Crippen LogP contribution in [0.1, 0.15) is 16.7 Å². The average Bonchev–Trinajstić information content (AvgIpc) is 3.05. The Hall–Kier alpha value is -3.66. The van der Waals surface area contributed by atoms with E-state index in [1.54, 1.807) is 18.1 Å². The Kier molecular flexibility index (Phi) is 4.77. The molecule has 0 radical (unpaired) electrons. The highest BCUT2D eigenvalue weighted by atomic mass is 16.5. The van der Waals surface area contributed by atoms with Crippen molar-refractivity contribution < 1.29 is 9.53 Å². The van der Waals surface area contributed by atoms with Crippen molar-refractivity contribution in [3.63, 3.8) is 0 Å². The molecule has 0 aromatic heterocycles. The van der Waals surface area contributed by atoms with Crippen LogP contribution in [-0.2, 0) is 4.79 Å². The fourth-order valence-corrected chi connectivity index (χ4v) is 3.24. The number of anilines is 1. The molecule has 1 heterocycles. The molecule has 0 saturated heterocycles. The summed E-state index contributed by atoms with van der Waals surface area (Å²) in [6, 6.07) is 25.2. The summed E-state index contributed by atoms with van der Waals surface area (Å²) in [5.41, 5.74) is 4.00. The predicted molar refractivity (Wildman–Crippen MR) is 113 cm³/mol. The van der Waals surface area contributed by atoms with E-state index in [2.05, 4.69) is 0 Å². The lowest BCUT2D eigenvalue weighted by atomic mass is 10.1. The third kappa shape index (κ3) is 3.32. The van der Waals surface area contributed by atoms with Gasteiger partial charge in [-0.15, -0.1) is 0 Å². The topological polar surface area (TPSA) is 41.9 Å². The number of nitrogens with zero attached hydrogens (tertiary/aromatic N) is 2. The SMILES string of the molecule is COc1ccccc1C=C1N=C(c2cccc(C)c2)N(c2ccccc2)C1=O. The second-order valence-electron chi connectivity index (χ2n) is 6.55. The number of ether oxygens (including phenoxy) is 1. The summed E-state index contributed by atoms with van der Waals surface area (Å²) in [5.74, 6) is 1.17. The van der Waals surface area contributed by atoms with E-state index in [9.17, 15) is 4.79 Å². The molecule has 0 atom stereocenters. The van der Waals surface area contributed by atoms with Crippen LogP contribution in [0.5, 0.6) is 5.75 Å². The fourth-order valence-electron chi connectivity index (χ4n) is 3.24. The normalized spacial score (nSPS) is 15.1. The van der Waals surface area contributed by atoms with Crippen molar-refractivity contribution in [3.8, 4) is 5.75 Å². The Morgan fingerprint density at radius 2 is 1.68 bits per heavy atom. The molecule has 0 fully saturated rings. The number of methoxy groups -OCH3 is 1. The largest absolute Gasteiger partial charge is 0.496 e. The molecular weight excluding hydrogens is 348 g/mol. The Morgan fingerprint density at radius 1 is 0.929 bits per heavy atom. The Labute approximate surface area is 164 Å². The van der Waals surface area contributed by atoms with Crippen LogP contribution in [0.15, 0.2) is 89.6 Å². The summed E-state index contributed by atoms with van der Waals surface area (Å²) in [6.07, 6.45) is 1.78. The van der Waals surface area contributed by atoms with E-state index in [1.165, 1.54) is 0 Å². The van der Waals surface area contributed by atoms with Crippen LogP contribution in [-0.4, -0.2) is 18.9 Å². The smallest absolute Gasteiger partial charge is 0.282 e. The van der Waals surface area contributed by atoms with Crippen LogP contribution in [0.4, 0.5) is 5.69 Å². The van der Waals surface area contributed by atoms with Gasteiger partial charge in [-0.25, -0.2) is 4.99 Å². The lowest BCUT2D eigenvalue weighted by Gasteiger charge is -2.18. The third-order valence-electron chi connectivity index (χ3n) is 4.58. The van der Waals surface area contributed by atoms with E-state index in [-0.39, 0.29) is 5.91 Å². The van der Waals surface area contributed by atoms with Gasteiger partial charge in [-0.05, 0) is 37.3 Å². The molecule has 0 aliphatic carbocycles. The first kappa shape index (κ1) is 17.7. The Balaban J connectivity index is 1.85. The molecule has 4 nitrogen and oxygen atoms in total. The van der Waals surface area contributed by atoms with E-state index in [1.807, 2.05) is 85.8 Å². The molecule has 1 amide bonds. The number of carbonyl (C=O) groups is 1.